The quantitative estimate of drug-likeness (QED) is 0.316. The van der Waals surface area contributed by atoms with Gasteiger partial charge >= 0.3 is 0 Å². The fraction of sp³-hybridized carbons (Fsp3) is 0.263. The van der Waals surface area contributed by atoms with E-state index in [-0.39, 0.29) is 5.56 Å². The number of thioether (sulfide) groups is 1. The summed E-state index contributed by atoms with van der Waals surface area (Å²) in [5.74, 6) is 0.599. The third-order valence-corrected chi connectivity index (χ3v) is 6.44. The fourth-order valence-corrected chi connectivity index (χ4v) is 4.82. The summed E-state index contributed by atoms with van der Waals surface area (Å²) < 4.78 is 8.57. The van der Waals surface area contributed by atoms with Gasteiger partial charge in [0.05, 0.1) is 35.9 Å². The van der Waals surface area contributed by atoms with Crippen LogP contribution < -0.4 is 5.56 Å². The first-order valence-corrected chi connectivity index (χ1v) is 11.0. The van der Waals surface area contributed by atoms with E-state index in [0.717, 1.165) is 16.3 Å². The SMILES string of the molecule is COCCn1c(SCc2csc(-c3cnn(C)c3)n2)nc2cc(Cl)ccc2c1=O. The molecule has 29 heavy (non-hydrogen) atoms. The second kappa shape index (κ2) is 8.66. The van der Waals surface area contributed by atoms with E-state index in [4.69, 9.17) is 16.3 Å². The Hall–Kier alpha value is -2.20. The lowest BCUT2D eigenvalue weighted by molar-refractivity contribution is 0.183. The molecule has 150 valence electrons. The second-order valence-electron chi connectivity index (χ2n) is 6.34. The molecule has 0 bridgehead atoms. The monoisotopic (exact) mass is 447 g/mol. The summed E-state index contributed by atoms with van der Waals surface area (Å²) >= 11 is 9.14. The zero-order valence-corrected chi connectivity index (χ0v) is 18.2. The number of benzene rings is 1. The minimum absolute atomic E-state index is 0.0967. The van der Waals surface area contributed by atoms with Gasteiger partial charge in [-0.15, -0.1) is 11.3 Å². The number of thiazole rings is 1. The third-order valence-electron chi connectivity index (χ3n) is 4.25. The van der Waals surface area contributed by atoms with E-state index in [9.17, 15) is 4.79 Å². The maximum Gasteiger partial charge on any atom is 0.262 e. The maximum absolute atomic E-state index is 13.0. The number of fused-ring (bicyclic) bond motifs is 1. The molecule has 0 unspecified atom stereocenters. The molecule has 0 N–H and O–H groups in total. The number of methoxy groups -OCH3 is 1. The molecule has 3 heterocycles. The van der Waals surface area contributed by atoms with E-state index in [0.29, 0.717) is 40.0 Å². The minimum Gasteiger partial charge on any atom is -0.383 e. The summed E-state index contributed by atoms with van der Waals surface area (Å²) in [6, 6.07) is 5.13. The van der Waals surface area contributed by atoms with Crippen LogP contribution in [0.4, 0.5) is 0 Å². The Bertz CT molecular complexity index is 1220. The van der Waals surface area contributed by atoms with Gasteiger partial charge in [0.1, 0.15) is 5.01 Å². The van der Waals surface area contributed by atoms with E-state index in [1.165, 1.54) is 11.8 Å². The number of halogens is 1. The molecule has 4 rings (SSSR count). The average Bonchev–Trinajstić information content (AvgIpc) is 3.34. The molecule has 0 atom stereocenters. The first-order chi connectivity index (χ1) is 14.0. The highest BCUT2D eigenvalue weighted by Crippen LogP contribution is 2.27. The number of nitrogens with zero attached hydrogens (tertiary/aromatic N) is 5. The fourth-order valence-electron chi connectivity index (χ4n) is 2.84. The highest BCUT2D eigenvalue weighted by atomic mass is 35.5. The molecular weight excluding hydrogens is 430 g/mol. The van der Waals surface area contributed by atoms with Crippen LogP contribution in [-0.2, 0) is 24.1 Å². The summed E-state index contributed by atoms with van der Waals surface area (Å²) in [6.45, 7) is 0.858. The summed E-state index contributed by atoms with van der Waals surface area (Å²) in [5.41, 5.74) is 2.41. The van der Waals surface area contributed by atoms with Crippen LogP contribution in [0, 0.1) is 0 Å². The minimum atomic E-state index is -0.0967. The molecule has 0 aliphatic rings. The molecule has 0 saturated carbocycles. The van der Waals surface area contributed by atoms with Crippen molar-refractivity contribution in [3.63, 3.8) is 0 Å². The van der Waals surface area contributed by atoms with Crippen molar-refractivity contribution in [3.8, 4) is 10.6 Å². The van der Waals surface area contributed by atoms with Crippen LogP contribution in [0.15, 0.2) is 45.9 Å². The van der Waals surface area contributed by atoms with Gasteiger partial charge in [0.25, 0.3) is 5.56 Å². The van der Waals surface area contributed by atoms with Crippen LogP contribution >= 0.6 is 34.7 Å². The van der Waals surface area contributed by atoms with Crippen LogP contribution in [0.1, 0.15) is 5.69 Å². The molecular formula is C19H18ClN5O2S2. The van der Waals surface area contributed by atoms with Crippen molar-refractivity contribution in [2.24, 2.45) is 7.05 Å². The van der Waals surface area contributed by atoms with Crippen LogP contribution in [0.5, 0.6) is 0 Å². The van der Waals surface area contributed by atoms with Gasteiger partial charge in [0.15, 0.2) is 5.16 Å². The van der Waals surface area contributed by atoms with Crippen molar-refractivity contribution >= 4 is 45.6 Å². The summed E-state index contributed by atoms with van der Waals surface area (Å²) in [6.07, 6.45) is 3.74. The van der Waals surface area contributed by atoms with Crippen molar-refractivity contribution in [2.75, 3.05) is 13.7 Å². The van der Waals surface area contributed by atoms with E-state index < -0.39 is 0 Å². The van der Waals surface area contributed by atoms with Gasteiger partial charge in [-0.2, -0.15) is 5.10 Å². The molecule has 0 aliphatic carbocycles. The second-order valence-corrected chi connectivity index (χ2v) is 8.58. The van der Waals surface area contributed by atoms with Crippen molar-refractivity contribution in [3.05, 3.63) is 57.0 Å². The van der Waals surface area contributed by atoms with Crippen molar-refractivity contribution in [1.29, 1.82) is 0 Å². The normalized spacial score (nSPS) is 11.4. The number of aromatic nitrogens is 5. The number of ether oxygens (including phenoxy) is 1. The van der Waals surface area contributed by atoms with E-state index in [1.807, 2.05) is 18.6 Å². The molecule has 10 heteroatoms. The van der Waals surface area contributed by atoms with E-state index in [1.54, 1.807) is 52.1 Å². The lowest BCUT2D eigenvalue weighted by Gasteiger charge is -2.12. The predicted molar refractivity (Wildman–Crippen MR) is 117 cm³/mol. The number of hydrogen-bond acceptors (Lipinski definition) is 7. The zero-order valence-electron chi connectivity index (χ0n) is 15.8. The molecule has 1 aromatic carbocycles. The Kier molecular flexibility index (Phi) is 6.00. The first-order valence-electron chi connectivity index (χ1n) is 8.80. The van der Waals surface area contributed by atoms with E-state index >= 15 is 0 Å². The Labute approximate surface area is 180 Å². The van der Waals surface area contributed by atoms with E-state index in [2.05, 4.69) is 15.1 Å². The number of aryl methyl sites for hydroxylation is 1. The summed E-state index contributed by atoms with van der Waals surface area (Å²) in [7, 11) is 3.49. The molecule has 0 saturated heterocycles. The standard InChI is InChI=1S/C19H18ClN5O2S2/c1-24-9-12(8-21-24)17-22-14(10-28-17)11-29-19-23-16-7-13(20)3-4-15(16)18(26)25(19)5-6-27-2/h3-4,7-10H,5-6,11H2,1-2H3. The zero-order chi connectivity index (χ0) is 20.4. The van der Waals surface area contributed by atoms with Crippen molar-refractivity contribution in [1.82, 2.24) is 24.3 Å². The van der Waals surface area contributed by atoms with Crippen molar-refractivity contribution in [2.45, 2.75) is 17.5 Å². The molecule has 0 fully saturated rings. The average molecular weight is 448 g/mol. The molecule has 3 aromatic heterocycles. The predicted octanol–water partition coefficient (Wildman–Crippen LogP) is 3.85. The van der Waals surface area contributed by atoms with Gasteiger partial charge in [0, 0.05) is 42.1 Å². The topological polar surface area (TPSA) is 74.8 Å². The molecule has 0 amide bonds. The third kappa shape index (κ3) is 4.37. The van der Waals surface area contributed by atoms with Gasteiger partial charge in [-0.05, 0) is 18.2 Å². The van der Waals surface area contributed by atoms with Crippen LogP contribution in [-0.4, -0.2) is 38.0 Å². The summed E-state index contributed by atoms with van der Waals surface area (Å²) in [4.78, 5) is 22.3. The van der Waals surface area contributed by atoms with Crippen LogP contribution in [0.3, 0.4) is 0 Å². The summed E-state index contributed by atoms with van der Waals surface area (Å²) in [5, 5.41) is 8.85. The van der Waals surface area contributed by atoms with Gasteiger partial charge in [-0.25, -0.2) is 9.97 Å². The van der Waals surface area contributed by atoms with Gasteiger partial charge in [-0.1, -0.05) is 23.4 Å². The lowest BCUT2D eigenvalue weighted by Crippen LogP contribution is -2.25. The smallest absolute Gasteiger partial charge is 0.262 e. The largest absolute Gasteiger partial charge is 0.383 e. The molecule has 0 aliphatic heterocycles. The Morgan fingerprint density at radius 3 is 2.93 bits per heavy atom. The molecule has 4 aromatic rings. The Morgan fingerprint density at radius 1 is 1.31 bits per heavy atom. The van der Waals surface area contributed by atoms with Crippen LogP contribution in [0.2, 0.25) is 5.02 Å². The molecule has 0 radical (unpaired) electrons. The van der Waals surface area contributed by atoms with Gasteiger partial charge < -0.3 is 4.74 Å². The highest BCUT2D eigenvalue weighted by Gasteiger charge is 2.14. The molecule has 7 nitrogen and oxygen atoms in total. The Balaban J connectivity index is 1.62. The maximum atomic E-state index is 13.0. The van der Waals surface area contributed by atoms with Gasteiger partial charge in [-0.3, -0.25) is 14.0 Å². The lowest BCUT2D eigenvalue weighted by atomic mass is 10.2. The number of rotatable bonds is 7. The van der Waals surface area contributed by atoms with Crippen molar-refractivity contribution < 1.29 is 4.74 Å². The van der Waals surface area contributed by atoms with Gasteiger partial charge in [0.2, 0.25) is 0 Å². The first kappa shape index (κ1) is 20.1. The highest BCUT2D eigenvalue weighted by molar-refractivity contribution is 7.98. The molecule has 0 spiro atoms. The Morgan fingerprint density at radius 2 is 2.17 bits per heavy atom. The number of hydrogen-bond donors (Lipinski definition) is 0. The van der Waals surface area contributed by atoms with Crippen LogP contribution in [0.25, 0.3) is 21.5 Å².